The number of carbonyl (C=O) groups excluding carboxylic acids is 1. The number of likely N-dealkylation sites (tertiary alicyclic amines) is 1. The van der Waals surface area contributed by atoms with Crippen molar-refractivity contribution in [1.82, 2.24) is 4.90 Å². The van der Waals surface area contributed by atoms with Crippen LogP contribution in [0, 0.1) is 12.7 Å². The number of halogens is 3. The van der Waals surface area contributed by atoms with Crippen LogP contribution in [0.1, 0.15) is 41.4 Å². The number of carbonyl (C=O) groups is 1. The van der Waals surface area contributed by atoms with E-state index in [2.05, 4.69) is 0 Å². The zero-order chi connectivity index (χ0) is 24.7. The lowest BCUT2D eigenvalue weighted by Crippen LogP contribution is -2.42. The van der Waals surface area contributed by atoms with E-state index in [1.54, 1.807) is 12.1 Å². The summed E-state index contributed by atoms with van der Waals surface area (Å²) in [6.07, 6.45) is 0.00205. The Morgan fingerprint density at radius 3 is 2.31 bits per heavy atom. The molecule has 3 aromatic carbocycles. The Labute approximate surface area is 202 Å². The monoisotopic (exact) mass is 477 g/mol. The van der Waals surface area contributed by atoms with Crippen LogP contribution in [0.5, 0.6) is 0 Å². The van der Waals surface area contributed by atoms with Gasteiger partial charge in [0.1, 0.15) is 17.2 Å². The number of amides is 1. The maximum Gasteiger partial charge on any atom is 0.253 e. The van der Waals surface area contributed by atoms with Gasteiger partial charge in [0.25, 0.3) is 11.8 Å². The van der Waals surface area contributed by atoms with Gasteiger partial charge in [-0.15, -0.1) is 0 Å². The third-order valence-corrected chi connectivity index (χ3v) is 6.69. The number of hydrogen-bond acceptors (Lipinski definition) is 2. The maximum atomic E-state index is 15.3. The number of aryl methyl sites for hydroxylation is 2. The number of nitrogens with zero attached hydrogens (tertiary/aromatic N) is 1. The van der Waals surface area contributed by atoms with Gasteiger partial charge in [-0.1, -0.05) is 42.8 Å². The van der Waals surface area contributed by atoms with E-state index < -0.39 is 17.6 Å². The number of benzene rings is 3. The van der Waals surface area contributed by atoms with E-state index >= 15 is 4.39 Å². The van der Waals surface area contributed by atoms with E-state index in [1.807, 2.05) is 56.3 Å². The fourth-order valence-electron chi connectivity index (χ4n) is 4.59. The number of piperidine rings is 1. The number of fused-ring (bicyclic) bond motifs is 1. The van der Waals surface area contributed by atoms with Gasteiger partial charge in [0, 0.05) is 54.4 Å². The largest absolute Gasteiger partial charge is 0.460 e. The zero-order valence-corrected chi connectivity index (χ0v) is 19.7. The van der Waals surface area contributed by atoms with Crippen molar-refractivity contribution in [3.05, 3.63) is 83.4 Å². The minimum Gasteiger partial charge on any atom is -0.460 e. The van der Waals surface area contributed by atoms with Crippen molar-refractivity contribution in [3.63, 3.8) is 0 Å². The first-order chi connectivity index (χ1) is 16.7. The minimum atomic E-state index is -2.75. The summed E-state index contributed by atoms with van der Waals surface area (Å²) in [4.78, 5) is 14.2. The van der Waals surface area contributed by atoms with Gasteiger partial charge in [-0.2, -0.15) is 0 Å². The van der Waals surface area contributed by atoms with E-state index in [1.165, 1.54) is 11.0 Å². The molecule has 0 bridgehead atoms. The van der Waals surface area contributed by atoms with Crippen LogP contribution in [0.2, 0.25) is 0 Å². The molecule has 1 aliphatic rings. The van der Waals surface area contributed by atoms with Crippen LogP contribution in [0.25, 0.3) is 33.2 Å². The van der Waals surface area contributed by atoms with Crippen molar-refractivity contribution in [2.45, 2.75) is 39.0 Å². The summed E-state index contributed by atoms with van der Waals surface area (Å²) in [5.41, 5.74) is 4.92. The van der Waals surface area contributed by atoms with Gasteiger partial charge < -0.3 is 9.32 Å². The third kappa shape index (κ3) is 4.57. The molecule has 1 saturated heterocycles. The average molecular weight is 478 g/mol. The highest BCUT2D eigenvalue weighted by atomic mass is 19.3. The summed E-state index contributed by atoms with van der Waals surface area (Å²) in [7, 11) is 0. The smallest absolute Gasteiger partial charge is 0.253 e. The molecule has 2 heterocycles. The van der Waals surface area contributed by atoms with Crippen LogP contribution >= 0.6 is 0 Å². The maximum absolute atomic E-state index is 15.3. The Kier molecular flexibility index (Phi) is 5.91. The van der Waals surface area contributed by atoms with Crippen LogP contribution in [-0.4, -0.2) is 29.8 Å². The minimum absolute atomic E-state index is 0.0357. The first-order valence-electron chi connectivity index (χ1n) is 11.8. The lowest BCUT2D eigenvalue weighted by atomic mass is 9.95. The molecule has 35 heavy (non-hydrogen) atoms. The second-order valence-corrected chi connectivity index (χ2v) is 9.22. The van der Waals surface area contributed by atoms with Crippen molar-refractivity contribution in [2.75, 3.05) is 13.1 Å². The molecule has 1 aromatic heterocycles. The normalized spacial score (nSPS) is 15.5. The average Bonchev–Trinajstić information content (AvgIpc) is 3.27. The number of furan rings is 1. The summed E-state index contributed by atoms with van der Waals surface area (Å²) >= 11 is 0. The second kappa shape index (κ2) is 8.91. The lowest BCUT2D eigenvalue weighted by molar-refractivity contribution is -0.0494. The van der Waals surface area contributed by atoms with E-state index in [0.717, 1.165) is 39.8 Å². The molecule has 5 rings (SSSR count). The van der Waals surface area contributed by atoms with Gasteiger partial charge in [0.2, 0.25) is 0 Å². The fraction of sp³-hybridized carbons (Fsp3) is 0.276. The summed E-state index contributed by atoms with van der Waals surface area (Å²) in [5.74, 6) is -2.86. The van der Waals surface area contributed by atoms with E-state index in [-0.39, 0.29) is 31.5 Å². The predicted molar refractivity (Wildman–Crippen MR) is 131 cm³/mol. The SMILES string of the molecule is CCc1cc2cc(-c3ccc(C(=O)N4CCC(F)(F)CC4)cc3F)cc(-c3ccc(C)cc3)c2o1. The van der Waals surface area contributed by atoms with Gasteiger partial charge >= 0.3 is 0 Å². The molecular weight excluding hydrogens is 451 g/mol. The molecule has 0 N–H and O–H groups in total. The highest BCUT2D eigenvalue weighted by Crippen LogP contribution is 2.37. The first-order valence-corrected chi connectivity index (χ1v) is 11.8. The van der Waals surface area contributed by atoms with Crippen LogP contribution in [0.15, 0.2) is 65.1 Å². The molecule has 0 unspecified atom stereocenters. The van der Waals surface area contributed by atoms with E-state index in [9.17, 15) is 13.6 Å². The Bertz CT molecular complexity index is 1400. The van der Waals surface area contributed by atoms with Crippen molar-refractivity contribution in [1.29, 1.82) is 0 Å². The summed E-state index contributed by atoms with van der Waals surface area (Å²) in [5, 5.41) is 0.878. The highest BCUT2D eigenvalue weighted by molar-refractivity contribution is 5.98. The molecule has 0 radical (unpaired) electrons. The highest BCUT2D eigenvalue weighted by Gasteiger charge is 2.35. The second-order valence-electron chi connectivity index (χ2n) is 9.22. The van der Waals surface area contributed by atoms with Crippen LogP contribution in [0.4, 0.5) is 13.2 Å². The van der Waals surface area contributed by atoms with E-state index in [0.29, 0.717) is 11.1 Å². The predicted octanol–water partition coefficient (Wildman–Crippen LogP) is 7.65. The lowest BCUT2D eigenvalue weighted by Gasteiger charge is -2.31. The number of alkyl halides is 2. The quantitative estimate of drug-likeness (QED) is 0.302. The molecule has 180 valence electrons. The summed E-state index contributed by atoms with van der Waals surface area (Å²) in [6, 6.07) is 18.2. The van der Waals surface area contributed by atoms with E-state index in [4.69, 9.17) is 4.42 Å². The molecule has 1 aliphatic heterocycles. The number of rotatable bonds is 4. The van der Waals surface area contributed by atoms with Gasteiger partial charge in [0.05, 0.1) is 0 Å². The Morgan fingerprint density at radius 2 is 1.66 bits per heavy atom. The Morgan fingerprint density at radius 1 is 0.943 bits per heavy atom. The summed E-state index contributed by atoms with van der Waals surface area (Å²) < 4.78 is 48.3. The Hall–Kier alpha value is -3.54. The third-order valence-electron chi connectivity index (χ3n) is 6.69. The van der Waals surface area contributed by atoms with Crippen molar-refractivity contribution in [3.8, 4) is 22.3 Å². The van der Waals surface area contributed by atoms with Gasteiger partial charge in [0.15, 0.2) is 0 Å². The molecule has 1 fully saturated rings. The molecule has 1 amide bonds. The van der Waals surface area contributed by atoms with Crippen LogP contribution in [0.3, 0.4) is 0 Å². The first kappa shape index (κ1) is 23.2. The van der Waals surface area contributed by atoms with Gasteiger partial charge in [-0.3, -0.25) is 4.79 Å². The van der Waals surface area contributed by atoms with Crippen molar-refractivity contribution < 1.29 is 22.4 Å². The number of hydrogen-bond donors (Lipinski definition) is 0. The molecule has 6 heteroatoms. The molecule has 0 atom stereocenters. The standard InChI is InChI=1S/C29H26F3NO2/c1-3-23-15-22-14-21(16-25(27(22)35-23)19-6-4-18(2)5-7-19)24-9-8-20(17-26(24)30)28(34)33-12-10-29(31,32)11-13-33/h4-9,14-17H,3,10-13H2,1-2H3. The van der Waals surface area contributed by atoms with Gasteiger partial charge in [-0.05, 0) is 48.4 Å². The molecule has 0 spiro atoms. The molecular formula is C29H26F3NO2. The fourth-order valence-corrected chi connectivity index (χ4v) is 4.59. The van der Waals surface area contributed by atoms with Crippen LogP contribution < -0.4 is 0 Å². The van der Waals surface area contributed by atoms with Crippen molar-refractivity contribution in [2.24, 2.45) is 0 Å². The molecule has 0 saturated carbocycles. The molecule has 4 aromatic rings. The zero-order valence-electron chi connectivity index (χ0n) is 19.7. The molecule has 0 aliphatic carbocycles. The van der Waals surface area contributed by atoms with Gasteiger partial charge in [-0.25, -0.2) is 13.2 Å². The van der Waals surface area contributed by atoms with Crippen molar-refractivity contribution >= 4 is 16.9 Å². The summed E-state index contributed by atoms with van der Waals surface area (Å²) in [6.45, 7) is 3.96. The Balaban J connectivity index is 1.52. The topological polar surface area (TPSA) is 33.5 Å². The molecule has 3 nitrogen and oxygen atoms in total. The van der Waals surface area contributed by atoms with Crippen LogP contribution in [-0.2, 0) is 6.42 Å².